The minimum atomic E-state index is -4.42. The van der Waals surface area contributed by atoms with Gasteiger partial charge >= 0.3 is 7.11 Å². The summed E-state index contributed by atoms with van der Waals surface area (Å²) in [5.41, 5.74) is 0.831. The van der Waals surface area contributed by atoms with Crippen molar-refractivity contribution < 1.29 is 22.9 Å². The van der Waals surface area contributed by atoms with Gasteiger partial charge in [-0.2, -0.15) is 0 Å². The molecule has 0 bridgehead atoms. The van der Waals surface area contributed by atoms with E-state index in [-0.39, 0.29) is 16.4 Å². The molecule has 8 heteroatoms. The molecule has 0 saturated heterocycles. The first-order valence-corrected chi connectivity index (χ1v) is 5.97. The number of H-pyrrole nitrogens is 1. The quantitative estimate of drug-likeness (QED) is 0.531. The number of thiol groups is 1. The van der Waals surface area contributed by atoms with Crippen LogP contribution in [0.4, 0.5) is 8.63 Å². The van der Waals surface area contributed by atoms with Crippen LogP contribution in [0.2, 0.25) is 0 Å². The van der Waals surface area contributed by atoms with E-state index in [4.69, 9.17) is 0 Å². The number of aromatic amines is 1. The second kappa shape index (κ2) is 4.31. The Morgan fingerprint density at radius 1 is 1.26 bits per heavy atom. The van der Waals surface area contributed by atoms with Crippen molar-refractivity contribution >= 4 is 31.7 Å². The van der Waals surface area contributed by atoms with E-state index in [1.807, 2.05) is 0 Å². The number of aromatic nitrogens is 1. The van der Waals surface area contributed by atoms with E-state index in [0.29, 0.717) is 11.4 Å². The number of rotatable bonds is 1. The molecule has 0 amide bonds. The molecule has 3 heterocycles. The molecule has 4 nitrogen and oxygen atoms in total. The summed E-state index contributed by atoms with van der Waals surface area (Å²) in [6.45, 7) is 0. The van der Waals surface area contributed by atoms with Crippen molar-refractivity contribution in [1.82, 2.24) is 4.98 Å². The van der Waals surface area contributed by atoms with Crippen LogP contribution in [-0.2, 0) is 9.31 Å². The summed E-state index contributed by atoms with van der Waals surface area (Å²) < 4.78 is 36.3. The van der Waals surface area contributed by atoms with E-state index in [0.717, 1.165) is 0 Å². The third kappa shape index (κ3) is 2.19. The molecule has 2 aliphatic rings. The summed E-state index contributed by atoms with van der Waals surface area (Å²) in [4.78, 5) is 5.82. The monoisotopic (exact) mass is 282 g/mol. The van der Waals surface area contributed by atoms with Crippen molar-refractivity contribution in [2.75, 3.05) is 0 Å². The lowest BCUT2D eigenvalue weighted by Crippen LogP contribution is -2.64. The molecule has 0 atom stereocenters. The lowest BCUT2D eigenvalue weighted by atomic mass is 10.1. The van der Waals surface area contributed by atoms with Crippen molar-refractivity contribution in [3.05, 3.63) is 52.5 Å². The second-order valence-corrected chi connectivity index (χ2v) is 4.39. The molecule has 1 aromatic heterocycles. The first-order valence-electron chi connectivity index (χ1n) is 5.53. The molecule has 0 unspecified atom stereocenters. The number of nitrogens with one attached hydrogen (secondary N) is 2. The normalized spacial score (nSPS) is 24.6. The fourth-order valence-electron chi connectivity index (χ4n) is 1.84. The third-order valence-electron chi connectivity index (χ3n) is 2.63. The van der Waals surface area contributed by atoms with Gasteiger partial charge in [-0.25, -0.2) is 4.99 Å². The molecule has 0 radical (unpaired) electrons. The maximum atomic E-state index is 13.6. The van der Waals surface area contributed by atoms with Crippen molar-refractivity contribution in [2.45, 2.75) is 0 Å². The van der Waals surface area contributed by atoms with Gasteiger partial charge in [-0.15, -0.1) is 12.6 Å². The Labute approximate surface area is 113 Å². The van der Waals surface area contributed by atoms with E-state index >= 15 is 0 Å². The highest BCUT2D eigenvalue weighted by molar-refractivity contribution is 7.85. The smallest absolute Gasteiger partial charge is 0.625 e. The first kappa shape index (κ1) is 12.1. The molecule has 0 fully saturated rings. The molecule has 1 aromatic rings. The van der Waals surface area contributed by atoms with Crippen molar-refractivity contribution in [3.8, 4) is 0 Å². The van der Waals surface area contributed by atoms with Crippen LogP contribution < -0.4 is 4.99 Å². The SMILES string of the molecule is F[B-]1(F)OC(c2ccc[nH]2)=C(S)/C(=C2\C=CC=[NH+]2)O1. The van der Waals surface area contributed by atoms with Gasteiger partial charge in [0.2, 0.25) is 5.70 Å². The summed E-state index contributed by atoms with van der Waals surface area (Å²) in [6, 6.07) is 3.30. The highest BCUT2D eigenvalue weighted by Crippen LogP contribution is 2.38. The molecule has 2 N–H and O–H groups in total. The molecule has 19 heavy (non-hydrogen) atoms. The lowest BCUT2D eigenvalue weighted by molar-refractivity contribution is -0.383. The van der Waals surface area contributed by atoms with Gasteiger partial charge in [-0.3, -0.25) is 0 Å². The van der Waals surface area contributed by atoms with Gasteiger partial charge in [0.1, 0.15) is 5.76 Å². The van der Waals surface area contributed by atoms with E-state index in [1.165, 1.54) is 0 Å². The Kier molecular flexibility index (Phi) is 2.74. The molecule has 0 spiro atoms. The van der Waals surface area contributed by atoms with Gasteiger partial charge < -0.3 is 22.9 Å². The molecular formula is C11H9BF2N2O2S. The zero-order valence-electron chi connectivity index (χ0n) is 9.56. The zero-order chi connectivity index (χ0) is 13.5. The minimum absolute atomic E-state index is 0.0332. The molecule has 98 valence electrons. The van der Waals surface area contributed by atoms with Gasteiger partial charge in [-0.05, 0) is 12.1 Å². The van der Waals surface area contributed by atoms with Crippen LogP contribution in [0.15, 0.2) is 46.8 Å². The van der Waals surface area contributed by atoms with Crippen LogP contribution in [0.25, 0.3) is 5.76 Å². The molecule has 0 aliphatic carbocycles. The number of halogens is 2. The summed E-state index contributed by atoms with van der Waals surface area (Å²) in [7, 11) is -4.42. The molecular weight excluding hydrogens is 273 g/mol. The topological polar surface area (TPSA) is 48.2 Å². The van der Waals surface area contributed by atoms with Gasteiger partial charge in [0.15, 0.2) is 12.0 Å². The summed E-state index contributed by atoms with van der Waals surface area (Å²) in [5.74, 6) is -0.0663. The highest BCUT2D eigenvalue weighted by atomic mass is 32.1. The summed E-state index contributed by atoms with van der Waals surface area (Å²) in [6.07, 6.45) is 6.53. The van der Waals surface area contributed by atoms with Crippen LogP contribution >= 0.6 is 12.6 Å². The van der Waals surface area contributed by atoms with Crippen LogP contribution in [-0.4, -0.2) is 18.3 Å². The Balaban J connectivity index is 2.16. The van der Waals surface area contributed by atoms with Crippen molar-refractivity contribution in [1.29, 1.82) is 0 Å². The summed E-state index contributed by atoms with van der Waals surface area (Å²) in [5, 5.41) is 0. The van der Waals surface area contributed by atoms with E-state index in [2.05, 4.69) is 31.9 Å². The van der Waals surface area contributed by atoms with Gasteiger partial charge in [-0.1, -0.05) is 0 Å². The molecule has 0 aromatic carbocycles. The van der Waals surface area contributed by atoms with E-state index in [1.54, 1.807) is 36.7 Å². The average Bonchev–Trinajstić information content (AvgIpc) is 3.02. The zero-order valence-corrected chi connectivity index (χ0v) is 10.5. The molecule has 0 saturated carbocycles. The van der Waals surface area contributed by atoms with Gasteiger partial charge in [0.25, 0.3) is 0 Å². The largest absolute Gasteiger partial charge is 0.726 e. The molecule has 3 rings (SSSR count). The lowest BCUT2D eigenvalue weighted by Gasteiger charge is -2.35. The fourth-order valence-corrected chi connectivity index (χ4v) is 2.18. The van der Waals surface area contributed by atoms with Crippen LogP contribution in [0, 0.1) is 0 Å². The number of hydrogen-bond acceptors (Lipinski definition) is 3. The summed E-state index contributed by atoms with van der Waals surface area (Å²) >= 11 is 4.23. The number of allylic oxidation sites excluding steroid dienone is 2. The Bertz CT molecular complexity index is 621. The molecule has 2 aliphatic heterocycles. The maximum Gasteiger partial charge on any atom is 0.726 e. The standard InChI is InChI=1S/C11H8BF2N2O2S/c13-12(14)17-9(7-3-1-5-15-7)11(19)10(18-12)8-4-2-6-16-8/h1-6,15,19H/q-1/p+1/b10-8-. The second-order valence-electron chi connectivity index (χ2n) is 3.95. The highest BCUT2D eigenvalue weighted by Gasteiger charge is 2.42. The van der Waals surface area contributed by atoms with E-state index in [9.17, 15) is 8.63 Å². The Morgan fingerprint density at radius 3 is 2.68 bits per heavy atom. The van der Waals surface area contributed by atoms with Gasteiger partial charge in [0.05, 0.1) is 10.6 Å². The minimum Gasteiger partial charge on any atom is -0.625 e. The maximum absolute atomic E-state index is 13.6. The van der Waals surface area contributed by atoms with E-state index < -0.39 is 7.11 Å². The average molecular weight is 282 g/mol. The predicted octanol–water partition coefficient (Wildman–Crippen LogP) is 0.967. The van der Waals surface area contributed by atoms with Crippen LogP contribution in [0.1, 0.15) is 5.69 Å². The van der Waals surface area contributed by atoms with Crippen molar-refractivity contribution in [2.24, 2.45) is 0 Å². The first-order chi connectivity index (χ1) is 9.07. The Morgan fingerprint density at radius 2 is 2.05 bits per heavy atom. The van der Waals surface area contributed by atoms with Gasteiger partial charge in [0, 0.05) is 18.3 Å². The fraction of sp³-hybridized carbons (Fsp3) is 0. The third-order valence-corrected chi connectivity index (χ3v) is 3.03. The predicted molar refractivity (Wildman–Crippen MR) is 70.0 cm³/mol. The van der Waals surface area contributed by atoms with Crippen LogP contribution in [0.5, 0.6) is 0 Å². The Hall–Kier alpha value is -1.96. The number of hydrogen-bond donors (Lipinski definition) is 3. The van der Waals surface area contributed by atoms with Crippen molar-refractivity contribution in [3.63, 3.8) is 0 Å². The van der Waals surface area contributed by atoms with Crippen LogP contribution in [0.3, 0.4) is 0 Å².